The Kier molecular flexibility index (Phi) is 6.42. The molecule has 2 aromatic rings. The fourth-order valence-corrected chi connectivity index (χ4v) is 3.36. The Hall–Kier alpha value is -2.44. The van der Waals surface area contributed by atoms with Crippen LogP contribution in [0.2, 0.25) is 0 Å². The number of methoxy groups -OCH3 is 2. The van der Waals surface area contributed by atoms with Crippen molar-refractivity contribution in [2.24, 2.45) is 0 Å². The Morgan fingerprint density at radius 3 is 2.56 bits per heavy atom. The smallest absolute Gasteiger partial charge is 0.253 e. The average molecular weight is 372 g/mol. The lowest BCUT2D eigenvalue weighted by Gasteiger charge is -2.35. The molecule has 0 N–H and O–H groups in total. The van der Waals surface area contributed by atoms with Gasteiger partial charge in [-0.2, -0.15) is 0 Å². The predicted molar refractivity (Wildman–Crippen MR) is 101 cm³/mol. The second-order valence-electron chi connectivity index (χ2n) is 6.66. The highest BCUT2D eigenvalue weighted by molar-refractivity contribution is 5.94. The van der Waals surface area contributed by atoms with Crippen LogP contribution in [-0.2, 0) is 17.9 Å². The number of carbonyl (C=O) groups excluding carboxylic acids is 1. The number of amides is 1. The van der Waals surface area contributed by atoms with E-state index in [1.54, 1.807) is 20.3 Å². The highest BCUT2D eigenvalue weighted by Gasteiger charge is 2.23. The summed E-state index contributed by atoms with van der Waals surface area (Å²) in [6, 6.07) is 12.1. The Bertz CT molecular complexity index is 789. The van der Waals surface area contributed by atoms with Crippen LogP contribution in [-0.4, -0.2) is 56.1 Å². The van der Waals surface area contributed by atoms with Crippen molar-refractivity contribution in [3.63, 3.8) is 0 Å². The Labute approximate surface area is 159 Å². The van der Waals surface area contributed by atoms with Gasteiger partial charge >= 0.3 is 0 Å². The van der Waals surface area contributed by atoms with Crippen LogP contribution in [0.3, 0.4) is 0 Å². The first-order chi connectivity index (χ1) is 13.1. The summed E-state index contributed by atoms with van der Waals surface area (Å²) in [5.74, 6) is 0.455. The van der Waals surface area contributed by atoms with Crippen LogP contribution in [0.4, 0.5) is 4.39 Å². The molecule has 1 fully saturated rings. The summed E-state index contributed by atoms with van der Waals surface area (Å²) >= 11 is 0. The molecule has 0 aliphatic carbocycles. The van der Waals surface area contributed by atoms with Crippen LogP contribution < -0.4 is 4.74 Å². The Morgan fingerprint density at radius 1 is 1.07 bits per heavy atom. The molecule has 0 radical (unpaired) electrons. The van der Waals surface area contributed by atoms with E-state index in [9.17, 15) is 9.18 Å². The SMILES string of the molecule is COCc1cccc(C(=O)N2CCN(Cc3cc(F)ccc3OC)CC2)c1. The molecule has 1 aliphatic rings. The van der Waals surface area contributed by atoms with E-state index in [0.717, 1.165) is 24.2 Å². The summed E-state index contributed by atoms with van der Waals surface area (Å²) in [5, 5.41) is 0. The summed E-state index contributed by atoms with van der Waals surface area (Å²) in [6.07, 6.45) is 0. The fraction of sp³-hybridized carbons (Fsp3) is 0.381. The van der Waals surface area contributed by atoms with E-state index in [0.29, 0.717) is 37.6 Å². The van der Waals surface area contributed by atoms with Crippen LogP contribution in [0, 0.1) is 5.82 Å². The molecule has 3 rings (SSSR count). The van der Waals surface area contributed by atoms with Gasteiger partial charge in [0, 0.05) is 51.0 Å². The third-order valence-electron chi connectivity index (χ3n) is 4.78. The van der Waals surface area contributed by atoms with E-state index in [1.165, 1.54) is 12.1 Å². The van der Waals surface area contributed by atoms with E-state index in [4.69, 9.17) is 9.47 Å². The summed E-state index contributed by atoms with van der Waals surface area (Å²) in [7, 11) is 3.23. The number of benzene rings is 2. The monoisotopic (exact) mass is 372 g/mol. The highest BCUT2D eigenvalue weighted by Crippen LogP contribution is 2.22. The van der Waals surface area contributed by atoms with Gasteiger partial charge in [-0.05, 0) is 35.9 Å². The fourth-order valence-electron chi connectivity index (χ4n) is 3.36. The third-order valence-corrected chi connectivity index (χ3v) is 4.78. The van der Waals surface area contributed by atoms with Crippen molar-refractivity contribution in [1.82, 2.24) is 9.80 Å². The van der Waals surface area contributed by atoms with Crippen molar-refractivity contribution in [2.45, 2.75) is 13.2 Å². The third kappa shape index (κ3) is 4.84. The molecule has 1 aliphatic heterocycles. The number of hydrogen-bond donors (Lipinski definition) is 0. The van der Waals surface area contributed by atoms with Crippen molar-refractivity contribution >= 4 is 5.91 Å². The van der Waals surface area contributed by atoms with E-state index in [-0.39, 0.29) is 11.7 Å². The molecule has 1 saturated heterocycles. The maximum Gasteiger partial charge on any atom is 0.253 e. The largest absolute Gasteiger partial charge is 0.496 e. The first-order valence-electron chi connectivity index (χ1n) is 9.02. The van der Waals surface area contributed by atoms with Gasteiger partial charge in [0.05, 0.1) is 13.7 Å². The number of carbonyl (C=O) groups is 1. The van der Waals surface area contributed by atoms with Gasteiger partial charge in [-0.25, -0.2) is 4.39 Å². The van der Waals surface area contributed by atoms with E-state index in [1.807, 2.05) is 29.2 Å². The van der Waals surface area contributed by atoms with Gasteiger partial charge in [-0.1, -0.05) is 12.1 Å². The Morgan fingerprint density at radius 2 is 1.85 bits per heavy atom. The lowest BCUT2D eigenvalue weighted by atomic mass is 10.1. The van der Waals surface area contributed by atoms with Gasteiger partial charge in [0.2, 0.25) is 0 Å². The zero-order valence-electron chi connectivity index (χ0n) is 15.8. The lowest BCUT2D eigenvalue weighted by molar-refractivity contribution is 0.0627. The van der Waals surface area contributed by atoms with Crippen LogP contribution in [0.1, 0.15) is 21.5 Å². The molecule has 0 aromatic heterocycles. The average Bonchev–Trinajstić information content (AvgIpc) is 2.69. The van der Waals surface area contributed by atoms with Crippen molar-refractivity contribution in [2.75, 3.05) is 40.4 Å². The number of halogens is 1. The van der Waals surface area contributed by atoms with Gasteiger partial charge in [0.25, 0.3) is 5.91 Å². The molecule has 6 heteroatoms. The maximum absolute atomic E-state index is 13.5. The number of hydrogen-bond acceptors (Lipinski definition) is 4. The molecule has 2 aromatic carbocycles. The lowest BCUT2D eigenvalue weighted by Crippen LogP contribution is -2.48. The summed E-state index contributed by atoms with van der Waals surface area (Å²) < 4.78 is 24.0. The molecule has 5 nitrogen and oxygen atoms in total. The molecular weight excluding hydrogens is 347 g/mol. The normalized spacial score (nSPS) is 15.0. The quantitative estimate of drug-likeness (QED) is 0.782. The standard InChI is InChI=1S/C21H25FN2O3/c1-26-15-16-4-3-5-17(12-16)21(25)24-10-8-23(9-11-24)14-18-13-19(22)6-7-20(18)27-2/h3-7,12-13H,8-11,14-15H2,1-2H3. The zero-order chi connectivity index (χ0) is 19.2. The molecular formula is C21H25FN2O3. The van der Waals surface area contributed by atoms with E-state index in [2.05, 4.69) is 4.90 Å². The molecule has 1 amide bonds. The van der Waals surface area contributed by atoms with Gasteiger partial charge in [0.15, 0.2) is 0 Å². The van der Waals surface area contributed by atoms with E-state index >= 15 is 0 Å². The van der Waals surface area contributed by atoms with Gasteiger partial charge in [-0.15, -0.1) is 0 Å². The molecule has 0 atom stereocenters. The van der Waals surface area contributed by atoms with Crippen molar-refractivity contribution in [3.8, 4) is 5.75 Å². The van der Waals surface area contributed by atoms with Crippen molar-refractivity contribution in [1.29, 1.82) is 0 Å². The molecule has 0 saturated carbocycles. The minimum atomic E-state index is -0.268. The number of nitrogens with zero attached hydrogens (tertiary/aromatic N) is 2. The van der Waals surface area contributed by atoms with Crippen molar-refractivity contribution in [3.05, 3.63) is 65.0 Å². The molecule has 0 bridgehead atoms. The summed E-state index contributed by atoms with van der Waals surface area (Å²) in [5.41, 5.74) is 2.49. The van der Waals surface area contributed by atoms with Gasteiger partial charge in [0.1, 0.15) is 11.6 Å². The van der Waals surface area contributed by atoms with Crippen LogP contribution in [0.25, 0.3) is 0 Å². The highest BCUT2D eigenvalue weighted by atomic mass is 19.1. The second-order valence-corrected chi connectivity index (χ2v) is 6.66. The zero-order valence-corrected chi connectivity index (χ0v) is 15.8. The van der Waals surface area contributed by atoms with E-state index < -0.39 is 0 Å². The van der Waals surface area contributed by atoms with Crippen LogP contribution in [0.15, 0.2) is 42.5 Å². The van der Waals surface area contributed by atoms with Gasteiger partial charge in [-0.3, -0.25) is 9.69 Å². The number of piperazine rings is 1. The molecule has 0 unspecified atom stereocenters. The molecule has 27 heavy (non-hydrogen) atoms. The number of rotatable bonds is 6. The summed E-state index contributed by atoms with van der Waals surface area (Å²) in [4.78, 5) is 16.8. The second kappa shape index (κ2) is 8.97. The first kappa shape index (κ1) is 19.3. The maximum atomic E-state index is 13.5. The van der Waals surface area contributed by atoms with Crippen LogP contribution in [0.5, 0.6) is 5.75 Å². The number of ether oxygens (including phenoxy) is 2. The minimum absolute atomic E-state index is 0.0379. The predicted octanol–water partition coefficient (Wildman–Crippen LogP) is 2.94. The van der Waals surface area contributed by atoms with Gasteiger partial charge < -0.3 is 14.4 Å². The Balaban J connectivity index is 1.59. The minimum Gasteiger partial charge on any atom is -0.496 e. The molecule has 0 spiro atoms. The topological polar surface area (TPSA) is 42.0 Å². The molecule has 144 valence electrons. The van der Waals surface area contributed by atoms with Crippen LogP contribution >= 0.6 is 0 Å². The first-order valence-corrected chi connectivity index (χ1v) is 9.02. The molecule has 1 heterocycles. The summed E-state index contributed by atoms with van der Waals surface area (Å²) in [6.45, 7) is 3.86. The van der Waals surface area contributed by atoms with Crippen molar-refractivity contribution < 1.29 is 18.7 Å².